The highest BCUT2D eigenvalue weighted by atomic mass is 35.5. The van der Waals surface area contributed by atoms with E-state index in [4.69, 9.17) is 16.3 Å². The van der Waals surface area contributed by atoms with Crippen molar-refractivity contribution in [1.82, 2.24) is 20.6 Å². The Hall–Kier alpha value is -3.06. The zero-order valence-corrected chi connectivity index (χ0v) is 18.8. The summed E-state index contributed by atoms with van der Waals surface area (Å²) in [5.41, 5.74) is 2.48. The standard InChI is InChI=1S/C24H27ClN4O3/c1-32-18-6-7-19-20(14-18)28-21(27-19)10-13-26-22(30)8-11-24(12-9-23(31)29-24)15-16-2-4-17(25)5-3-16/h2-7,14H,8-13,15H2,1H3,(H,26,30)(H,27,28)(H,29,31)/t24-/m1/s1. The van der Waals surface area contributed by atoms with E-state index >= 15 is 0 Å². The Morgan fingerprint density at radius 1 is 1.25 bits per heavy atom. The first kappa shape index (κ1) is 22.1. The van der Waals surface area contributed by atoms with Crippen LogP contribution in [0.2, 0.25) is 5.02 Å². The number of ether oxygens (including phenoxy) is 1. The Labute approximate surface area is 191 Å². The van der Waals surface area contributed by atoms with Crippen molar-refractivity contribution in [2.75, 3.05) is 13.7 Å². The number of hydrogen-bond acceptors (Lipinski definition) is 4. The molecule has 1 aliphatic heterocycles. The number of nitrogens with zero attached hydrogens (tertiary/aromatic N) is 1. The average molecular weight is 455 g/mol. The number of aromatic amines is 1. The number of nitrogens with one attached hydrogen (secondary N) is 3. The first-order valence-electron chi connectivity index (χ1n) is 10.8. The van der Waals surface area contributed by atoms with Crippen LogP contribution in [0.5, 0.6) is 5.75 Å². The van der Waals surface area contributed by atoms with Crippen LogP contribution in [0.25, 0.3) is 11.0 Å². The summed E-state index contributed by atoms with van der Waals surface area (Å²) in [4.78, 5) is 32.2. The molecule has 3 N–H and O–H groups in total. The van der Waals surface area contributed by atoms with Crippen molar-refractivity contribution in [3.8, 4) is 5.75 Å². The van der Waals surface area contributed by atoms with Gasteiger partial charge in [0.1, 0.15) is 11.6 Å². The second kappa shape index (κ2) is 9.61. The van der Waals surface area contributed by atoms with Gasteiger partial charge in [-0.25, -0.2) is 4.98 Å². The van der Waals surface area contributed by atoms with Gasteiger partial charge in [-0.1, -0.05) is 23.7 Å². The Morgan fingerprint density at radius 3 is 2.78 bits per heavy atom. The summed E-state index contributed by atoms with van der Waals surface area (Å²) in [5.74, 6) is 1.60. The highest BCUT2D eigenvalue weighted by molar-refractivity contribution is 6.30. The van der Waals surface area contributed by atoms with E-state index in [0.29, 0.717) is 43.7 Å². The number of carbonyl (C=O) groups excluding carboxylic acids is 2. The Morgan fingerprint density at radius 2 is 2.06 bits per heavy atom. The topological polar surface area (TPSA) is 96.1 Å². The van der Waals surface area contributed by atoms with E-state index in [9.17, 15) is 9.59 Å². The lowest BCUT2D eigenvalue weighted by Gasteiger charge is -2.29. The van der Waals surface area contributed by atoms with Crippen LogP contribution < -0.4 is 15.4 Å². The van der Waals surface area contributed by atoms with Crippen molar-refractivity contribution in [2.45, 2.75) is 44.1 Å². The Balaban J connectivity index is 1.29. The number of imidazole rings is 1. The maximum atomic E-state index is 12.5. The lowest BCUT2D eigenvalue weighted by Crippen LogP contribution is -2.44. The Bertz CT molecular complexity index is 1110. The monoisotopic (exact) mass is 454 g/mol. The predicted octanol–water partition coefficient (Wildman–Crippen LogP) is 3.56. The van der Waals surface area contributed by atoms with Crippen LogP contribution in [0.15, 0.2) is 42.5 Å². The number of hydrogen-bond donors (Lipinski definition) is 3. The fourth-order valence-corrected chi connectivity index (χ4v) is 4.35. The number of halogens is 1. The zero-order valence-electron chi connectivity index (χ0n) is 18.0. The molecule has 1 atom stereocenters. The molecule has 168 valence electrons. The van der Waals surface area contributed by atoms with Crippen molar-refractivity contribution >= 4 is 34.4 Å². The summed E-state index contributed by atoms with van der Waals surface area (Å²) in [5, 5.41) is 6.76. The molecule has 0 spiro atoms. The summed E-state index contributed by atoms with van der Waals surface area (Å²) >= 11 is 5.98. The molecule has 2 heterocycles. The van der Waals surface area contributed by atoms with Crippen LogP contribution in [0.4, 0.5) is 0 Å². The number of benzene rings is 2. The average Bonchev–Trinajstić information content (AvgIpc) is 3.36. The first-order valence-corrected chi connectivity index (χ1v) is 11.2. The fourth-order valence-electron chi connectivity index (χ4n) is 4.22. The lowest BCUT2D eigenvalue weighted by molar-refractivity contribution is -0.122. The molecule has 0 unspecified atom stereocenters. The van der Waals surface area contributed by atoms with Gasteiger partial charge in [-0.2, -0.15) is 0 Å². The third-order valence-corrected chi connectivity index (χ3v) is 6.20. The SMILES string of the molecule is COc1ccc2nc(CCNC(=O)CC[C@]3(Cc4ccc(Cl)cc4)CCC(=O)N3)[nH]c2c1. The smallest absolute Gasteiger partial charge is 0.220 e. The van der Waals surface area contributed by atoms with Crippen LogP contribution in [0, 0.1) is 0 Å². The van der Waals surface area contributed by atoms with Crippen LogP contribution in [-0.4, -0.2) is 41.0 Å². The first-order chi connectivity index (χ1) is 15.4. The van der Waals surface area contributed by atoms with E-state index in [-0.39, 0.29) is 17.4 Å². The van der Waals surface area contributed by atoms with Gasteiger partial charge >= 0.3 is 0 Å². The van der Waals surface area contributed by atoms with Gasteiger partial charge in [0, 0.05) is 42.4 Å². The molecule has 0 radical (unpaired) electrons. The third kappa shape index (κ3) is 5.40. The predicted molar refractivity (Wildman–Crippen MR) is 124 cm³/mol. The van der Waals surface area contributed by atoms with Crippen molar-refractivity contribution in [1.29, 1.82) is 0 Å². The molecule has 4 rings (SSSR count). The van der Waals surface area contributed by atoms with Gasteiger partial charge in [-0.05, 0) is 49.1 Å². The Kier molecular flexibility index (Phi) is 6.65. The number of H-pyrrole nitrogens is 1. The summed E-state index contributed by atoms with van der Waals surface area (Å²) in [6, 6.07) is 13.3. The van der Waals surface area contributed by atoms with E-state index in [0.717, 1.165) is 34.6 Å². The van der Waals surface area contributed by atoms with E-state index in [2.05, 4.69) is 20.6 Å². The molecule has 2 aromatic carbocycles. The molecule has 7 nitrogen and oxygen atoms in total. The van der Waals surface area contributed by atoms with Gasteiger partial charge in [0.15, 0.2) is 0 Å². The van der Waals surface area contributed by atoms with Gasteiger partial charge in [-0.15, -0.1) is 0 Å². The van der Waals surface area contributed by atoms with E-state index < -0.39 is 0 Å². The molecule has 32 heavy (non-hydrogen) atoms. The molecule has 1 saturated heterocycles. The molecule has 0 aliphatic carbocycles. The van der Waals surface area contributed by atoms with Crippen molar-refractivity contribution in [3.05, 3.63) is 58.9 Å². The lowest BCUT2D eigenvalue weighted by atomic mass is 9.85. The zero-order chi connectivity index (χ0) is 22.6. The highest BCUT2D eigenvalue weighted by Gasteiger charge is 2.37. The largest absolute Gasteiger partial charge is 0.497 e. The molecule has 2 amide bonds. The van der Waals surface area contributed by atoms with Crippen LogP contribution in [0.1, 0.15) is 37.1 Å². The summed E-state index contributed by atoms with van der Waals surface area (Å²) < 4.78 is 5.23. The van der Waals surface area contributed by atoms with Gasteiger partial charge in [0.25, 0.3) is 0 Å². The molecular formula is C24H27ClN4O3. The normalized spacial score (nSPS) is 18.0. The van der Waals surface area contributed by atoms with Gasteiger partial charge in [0.05, 0.1) is 18.1 Å². The molecule has 0 bridgehead atoms. The maximum Gasteiger partial charge on any atom is 0.220 e. The van der Waals surface area contributed by atoms with Gasteiger partial charge < -0.3 is 20.4 Å². The number of aromatic nitrogens is 2. The molecule has 1 aromatic heterocycles. The molecule has 1 fully saturated rings. The number of methoxy groups -OCH3 is 1. The van der Waals surface area contributed by atoms with Gasteiger partial charge in [0.2, 0.25) is 11.8 Å². The third-order valence-electron chi connectivity index (χ3n) is 5.94. The molecule has 3 aromatic rings. The minimum atomic E-state index is -0.389. The molecule has 0 saturated carbocycles. The molecular weight excluding hydrogens is 428 g/mol. The second-order valence-corrected chi connectivity index (χ2v) is 8.73. The van der Waals surface area contributed by atoms with E-state index in [1.165, 1.54) is 0 Å². The minimum absolute atomic E-state index is 0.0283. The maximum absolute atomic E-state index is 12.5. The fraction of sp³-hybridized carbons (Fsp3) is 0.375. The van der Waals surface area contributed by atoms with Crippen LogP contribution in [-0.2, 0) is 22.4 Å². The van der Waals surface area contributed by atoms with Crippen LogP contribution in [0.3, 0.4) is 0 Å². The van der Waals surface area contributed by atoms with Crippen LogP contribution >= 0.6 is 11.6 Å². The molecule has 8 heteroatoms. The van der Waals surface area contributed by atoms with Crippen molar-refractivity contribution in [3.63, 3.8) is 0 Å². The van der Waals surface area contributed by atoms with E-state index in [1.54, 1.807) is 7.11 Å². The minimum Gasteiger partial charge on any atom is -0.497 e. The number of fused-ring (bicyclic) bond motifs is 1. The highest BCUT2D eigenvalue weighted by Crippen LogP contribution is 2.30. The second-order valence-electron chi connectivity index (χ2n) is 8.30. The van der Waals surface area contributed by atoms with Crippen molar-refractivity contribution in [2.24, 2.45) is 0 Å². The summed E-state index contributed by atoms with van der Waals surface area (Å²) in [6.45, 7) is 0.492. The number of amides is 2. The summed E-state index contributed by atoms with van der Waals surface area (Å²) in [7, 11) is 1.63. The van der Waals surface area contributed by atoms with Crippen molar-refractivity contribution < 1.29 is 14.3 Å². The molecule has 1 aliphatic rings. The summed E-state index contributed by atoms with van der Waals surface area (Å²) in [6.07, 6.45) is 3.46. The van der Waals surface area contributed by atoms with Gasteiger partial charge in [-0.3, -0.25) is 9.59 Å². The van der Waals surface area contributed by atoms with E-state index in [1.807, 2.05) is 42.5 Å². The quantitative estimate of drug-likeness (QED) is 0.460. The number of carbonyl (C=O) groups is 2. The number of rotatable bonds is 9.